The number of benzene rings is 2. The molecule has 2 aliphatic rings. The molecule has 5 nitrogen and oxygen atoms in total. The maximum Gasteiger partial charge on any atom is 0.307 e. The smallest absolute Gasteiger partial charge is 0.307 e. The molecule has 4 atom stereocenters. The average Bonchev–Trinajstić information content (AvgIpc) is 3.17. The van der Waals surface area contributed by atoms with Crippen LogP contribution < -0.4 is 5.32 Å². The molecule has 2 aliphatic carbocycles. The van der Waals surface area contributed by atoms with Crippen molar-refractivity contribution in [2.24, 2.45) is 16.7 Å². The van der Waals surface area contributed by atoms with Gasteiger partial charge in [0.05, 0.1) is 17.1 Å². The van der Waals surface area contributed by atoms with Crippen molar-refractivity contribution in [3.05, 3.63) is 66.2 Å². The molecule has 0 heterocycles. The number of rotatable bonds is 10. The first kappa shape index (κ1) is 24.9. The quantitative estimate of drug-likeness (QED) is 0.473. The molecule has 0 saturated heterocycles. The van der Waals surface area contributed by atoms with Gasteiger partial charge in [0.15, 0.2) is 9.84 Å². The predicted molar refractivity (Wildman–Crippen MR) is 134 cm³/mol. The Labute approximate surface area is 204 Å². The van der Waals surface area contributed by atoms with Gasteiger partial charge < -0.3 is 10.1 Å². The largest absolute Gasteiger partial charge is 0.462 e. The van der Waals surface area contributed by atoms with Crippen LogP contribution in [0.1, 0.15) is 58.4 Å². The molecule has 0 aliphatic heterocycles. The van der Waals surface area contributed by atoms with Gasteiger partial charge in [-0.1, -0.05) is 69.3 Å². The van der Waals surface area contributed by atoms with Crippen LogP contribution in [0.2, 0.25) is 0 Å². The van der Waals surface area contributed by atoms with Gasteiger partial charge in [0.2, 0.25) is 0 Å². The van der Waals surface area contributed by atoms with E-state index >= 15 is 0 Å². The van der Waals surface area contributed by atoms with E-state index in [1.807, 2.05) is 24.3 Å². The highest BCUT2D eigenvalue weighted by atomic mass is 32.2. The molecule has 2 bridgehead atoms. The van der Waals surface area contributed by atoms with Crippen molar-refractivity contribution in [2.75, 3.05) is 5.75 Å². The first-order valence-corrected chi connectivity index (χ1v) is 14.1. The average molecular weight is 484 g/mol. The Morgan fingerprint density at radius 2 is 1.74 bits per heavy atom. The summed E-state index contributed by atoms with van der Waals surface area (Å²) in [5.74, 6) is 0.154. The number of carbonyl (C=O) groups is 1. The molecule has 0 unspecified atom stereocenters. The van der Waals surface area contributed by atoms with Gasteiger partial charge in [-0.15, -0.1) is 0 Å². The van der Waals surface area contributed by atoms with E-state index in [-0.39, 0.29) is 35.7 Å². The molecule has 0 amide bonds. The fourth-order valence-corrected chi connectivity index (χ4v) is 8.30. The molecule has 34 heavy (non-hydrogen) atoms. The highest BCUT2D eigenvalue weighted by Gasteiger charge is 2.66. The number of nitrogens with one attached hydrogen (secondary N) is 1. The van der Waals surface area contributed by atoms with Crippen molar-refractivity contribution in [2.45, 2.75) is 76.5 Å². The normalized spacial score (nSPS) is 26.3. The lowest BCUT2D eigenvalue weighted by molar-refractivity contribution is -0.157. The van der Waals surface area contributed by atoms with E-state index in [1.54, 1.807) is 24.3 Å². The predicted octanol–water partition coefficient (Wildman–Crippen LogP) is 5.16. The monoisotopic (exact) mass is 483 g/mol. The highest BCUT2D eigenvalue weighted by Crippen LogP contribution is 2.67. The van der Waals surface area contributed by atoms with E-state index in [2.05, 4.69) is 38.2 Å². The molecule has 0 spiro atoms. The van der Waals surface area contributed by atoms with E-state index in [1.165, 1.54) is 5.56 Å². The van der Waals surface area contributed by atoms with Crippen LogP contribution in [0, 0.1) is 16.7 Å². The zero-order valence-corrected chi connectivity index (χ0v) is 21.3. The number of sulfone groups is 1. The Hall–Kier alpha value is -2.18. The highest BCUT2D eigenvalue weighted by molar-refractivity contribution is 7.91. The Bertz CT molecular complexity index is 1080. The van der Waals surface area contributed by atoms with Gasteiger partial charge >= 0.3 is 5.97 Å². The zero-order chi connectivity index (χ0) is 24.4. The van der Waals surface area contributed by atoms with E-state index < -0.39 is 15.3 Å². The van der Waals surface area contributed by atoms with Gasteiger partial charge in [0.25, 0.3) is 0 Å². The van der Waals surface area contributed by atoms with Gasteiger partial charge in [0.1, 0.15) is 6.10 Å². The summed E-state index contributed by atoms with van der Waals surface area (Å²) in [6.07, 6.45) is 3.25. The molecular formula is C28H37NO4S. The topological polar surface area (TPSA) is 72.5 Å². The van der Waals surface area contributed by atoms with Crippen LogP contribution in [0.25, 0.3) is 0 Å². The Balaban J connectivity index is 1.45. The van der Waals surface area contributed by atoms with Crippen LogP contribution in [0.5, 0.6) is 0 Å². The van der Waals surface area contributed by atoms with Crippen LogP contribution >= 0.6 is 0 Å². The van der Waals surface area contributed by atoms with Gasteiger partial charge in [-0.25, -0.2) is 8.42 Å². The first-order valence-electron chi connectivity index (χ1n) is 12.4. The fraction of sp³-hybridized carbons (Fsp3) is 0.536. The molecular weight excluding hydrogens is 446 g/mol. The third-order valence-electron chi connectivity index (χ3n) is 8.52. The number of hydrogen-bond donors (Lipinski definition) is 1. The zero-order valence-electron chi connectivity index (χ0n) is 20.5. The summed E-state index contributed by atoms with van der Waals surface area (Å²) >= 11 is 0. The summed E-state index contributed by atoms with van der Waals surface area (Å²) < 4.78 is 32.9. The third kappa shape index (κ3) is 4.80. The molecule has 2 aromatic rings. The number of fused-ring (bicyclic) bond motifs is 2. The molecule has 2 fully saturated rings. The van der Waals surface area contributed by atoms with Crippen molar-refractivity contribution < 1.29 is 17.9 Å². The van der Waals surface area contributed by atoms with Crippen LogP contribution in [-0.4, -0.2) is 32.3 Å². The minimum atomic E-state index is -3.50. The first-order chi connectivity index (χ1) is 16.2. The SMILES string of the molecule is CC[C@H](CC(=O)O[C@@H]1C[C@H]2CC[C@]1(CS(=O)(=O)c1ccccc1)C2(C)C)NCc1ccccc1. The Morgan fingerprint density at radius 1 is 1.09 bits per heavy atom. The van der Waals surface area contributed by atoms with Crippen LogP contribution in [0.3, 0.4) is 0 Å². The fourth-order valence-electron chi connectivity index (χ4n) is 6.18. The van der Waals surface area contributed by atoms with E-state index in [0.717, 1.165) is 25.7 Å². The van der Waals surface area contributed by atoms with Gasteiger partial charge in [-0.3, -0.25) is 4.79 Å². The Morgan fingerprint density at radius 3 is 2.35 bits per heavy atom. The molecule has 184 valence electrons. The molecule has 4 rings (SSSR count). The Kier molecular flexibility index (Phi) is 7.20. The molecule has 2 saturated carbocycles. The standard InChI is InChI=1S/C28H37NO4S/c1-4-23(29-19-21-11-7-5-8-12-21)18-26(30)33-25-17-22-15-16-28(25,27(22,2)3)20-34(31,32)24-13-9-6-10-14-24/h5-14,22-23,25,29H,4,15-20H2,1-3H3/t22-,23-,25-,28-/m1/s1. The summed E-state index contributed by atoms with van der Waals surface area (Å²) in [5, 5.41) is 3.46. The van der Waals surface area contributed by atoms with Crippen LogP contribution in [-0.2, 0) is 25.9 Å². The summed E-state index contributed by atoms with van der Waals surface area (Å²) in [6.45, 7) is 7.08. The number of carbonyl (C=O) groups excluding carboxylic acids is 1. The number of ether oxygens (including phenoxy) is 1. The van der Waals surface area contributed by atoms with Gasteiger partial charge in [0, 0.05) is 18.0 Å². The van der Waals surface area contributed by atoms with E-state index in [9.17, 15) is 13.2 Å². The minimum absolute atomic E-state index is 0.0170. The second-order valence-electron chi connectivity index (χ2n) is 10.6. The molecule has 6 heteroatoms. The lowest BCUT2D eigenvalue weighted by Gasteiger charge is -2.41. The van der Waals surface area contributed by atoms with Crippen molar-refractivity contribution in [1.29, 1.82) is 0 Å². The third-order valence-corrected chi connectivity index (χ3v) is 10.4. The van der Waals surface area contributed by atoms with Crippen molar-refractivity contribution in [3.8, 4) is 0 Å². The second kappa shape index (κ2) is 9.82. The number of esters is 1. The van der Waals surface area contributed by atoms with Crippen LogP contribution in [0.4, 0.5) is 0 Å². The molecule has 2 aromatic carbocycles. The summed E-state index contributed by atoms with van der Waals surface area (Å²) in [4.78, 5) is 13.4. The van der Waals surface area contributed by atoms with E-state index in [4.69, 9.17) is 4.74 Å². The van der Waals surface area contributed by atoms with Crippen molar-refractivity contribution >= 4 is 15.8 Å². The second-order valence-corrected chi connectivity index (χ2v) is 12.6. The molecule has 0 radical (unpaired) electrons. The number of hydrogen-bond acceptors (Lipinski definition) is 5. The lowest BCUT2D eigenvalue weighted by atomic mass is 9.69. The summed E-state index contributed by atoms with van der Waals surface area (Å²) in [7, 11) is -3.50. The molecule has 1 N–H and O–H groups in total. The van der Waals surface area contributed by atoms with Crippen molar-refractivity contribution in [1.82, 2.24) is 5.32 Å². The maximum absolute atomic E-state index is 13.4. The minimum Gasteiger partial charge on any atom is -0.462 e. The van der Waals surface area contributed by atoms with Crippen LogP contribution in [0.15, 0.2) is 65.6 Å². The summed E-state index contributed by atoms with van der Waals surface area (Å²) in [6, 6.07) is 18.8. The summed E-state index contributed by atoms with van der Waals surface area (Å²) in [5.41, 5.74) is 0.422. The maximum atomic E-state index is 13.4. The van der Waals surface area contributed by atoms with Crippen molar-refractivity contribution in [3.63, 3.8) is 0 Å². The van der Waals surface area contributed by atoms with Gasteiger partial charge in [-0.2, -0.15) is 0 Å². The molecule has 0 aromatic heterocycles. The van der Waals surface area contributed by atoms with E-state index in [0.29, 0.717) is 17.4 Å². The lowest BCUT2D eigenvalue weighted by Crippen LogP contribution is -2.46. The van der Waals surface area contributed by atoms with Gasteiger partial charge in [-0.05, 0) is 54.7 Å².